The normalized spacial score (nSPS) is 17.5. The van der Waals surface area contributed by atoms with Crippen LogP contribution in [-0.2, 0) is 6.42 Å². The lowest BCUT2D eigenvalue weighted by Crippen LogP contribution is -2.50. The summed E-state index contributed by atoms with van der Waals surface area (Å²) in [5.41, 5.74) is 6.73. The molecule has 32 heavy (non-hydrogen) atoms. The highest BCUT2D eigenvalue weighted by molar-refractivity contribution is 5.67. The van der Waals surface area contributed by atoms with Crippen LogP contribution < -0.4 is 10.5 Å². The summed E-state index contributed by atoms with van der Waals surface area (Å²) in [4.78, 5) is 27.3. The van der Waals surface area contributed by atoms with Crippen molar-refractivity contribution >= 4 is 16.9 Å². The Bertz CT molecular complexity index is 1390. The Labute approximate surface area is 187 Å². The molecule has 4 aromatic heterocycles. The zero-order valence-electron chi connectivity index (χ0n) is 19.3. The second-order valence-corrected chi connectivity index (χ2v) is 8.87. The van der Waals surface area contributed by atoms with E-state index in [2.05, 4.69) is 46.8 Å². The highest BCUT2D eigenvalue weighted by Crippen LogP contribution is 2.24. The zero-order valence-corrected chi connectivity index (χ0v) is 19.3. The minimum Gasteiger partial charge on any atom is -0.367 e. The maximum atomic E-state index is 13.1. The van der Waals surface area contributed by atoms with Gasteiger partial charge in [0.25, 0.3) is 5.56 Å². The van der Waals surface area contributed by atoms with Gasteiger partial charge in [-0.05, 0) is 51.9 Å². The lowest BCUT2D eigenvalue weighted by atomic mass is 10.1. The van der Waals surface area contributed by atoms with E-state index in [9.17, 15) is 4.79 Å². The fourth-order valence-electron chi connectivity index (χ4n) is 4.51. The van der Waals surface area contributed by atoms with Gasteiger partial charge in [-0.25, -0.2) is 9.50 Å². The number of likely N-dealkylation sites (N-methyl/N-ethyl adjacent to an activating group) is 1. The molecular formula is C24H29N7O. The van der Waals surface area contributed by atoms with Crippen LogP contribution in [0.5, 0.6) is 0 Å². The predicted molar refractivity (Wildman–Crippen MR) is 127 cm³/mol. The monoisotopic (exact) mass is 431 g/mol. The van der Waals surface area contributed by atoms with Crippen LogP contribution >= 0.6 is 0 Å². The van der Waals surface area contributed by atoms with Crippen LogP contribution in [0.1, 0.15) is 30.8 Å². The van der Waals surface area contributed by atoms with Gasteiger partial charge in [-0.2, -0.15) is 5.10 Å². The van der Waals surface area contributed by atoms with Crippen LogP contribution in [0, 0.1) is 13.8 Å². The van der Waals surface area contributed by atoms with Gasteiger partial charge in [0.15, 0.2) is 0 Å². The molecule has 1 saturated heterocycles. The SMILES string of the molecule is CCc1nc(C)cn2nc(-c3cc(=O)n4cc(N5CCN(C)C(C)C5)cc(C)c4n3)cc12. The van der Waals surface area contributed by atoms with Gasteiger partial charge in [0.1, 0.15) is 11.3 Å². The number of piperazine rings is 1. The summed E-state index contributed by atoms with van der Waals surface area (Å²) in [6.45, 7) is 11.2. The van der Waals surface area contributed by atoms with Crippen molar-refractivity contribution in [2.75, 3.05) is 31.6 Å². The molecule has 0 radical (unpaired) electrons. The summed E-state index contributed by atoms with van der Waals surface area (Å²) < 4.78 is 3.50. The molecule has 0 amide bonds. The van der Waals surface area contributed by atoms with E-state index in [1.807, 2.05) is 36.8 Å². The first-order chi connectivity index (χ1) is 15.3. The Morgan fingerprint density at radius 2 is 1.88 bits per heavy atom. The van der Waals surface area contributed by atoms with Crippen LogP contribution in [0.25, 0.3) is 22.6 Å². The summed E-state index contributed by atoms with van der Waals surface area (Å²) in [7, 11) is 2.16. The van der Waals surface area contributed by atoms with Crippen LogP contribution in [0.4, 0.5) is 5.69 Å². The molecular weight excluding hydrogens is 402 g/mol. The van der Waals surface area contributed by atoms with Crippen molar-refractivity contribution in [1.82, 2.24) is 28.9 Å². The number of nitrogens with zero attached hydrogens (tertiary/aromatic N) is 7. The van der Waals surface area contributed by atoms with E-state index in [4.69, 9.17) is 4.98 Å². The molecule has 0 bridgehead atoms. The minimum atomic E-state index is -0.0980. The van der Waals surface area contributed by atoms with E-state index in [-0.39, 0.29) is 5.56 Å². The van der Waals surface area contributed by atoms with E-state index in [0.717, 1.165) is 54.2 Å². The standard InChI is InChI=1S/C24H29N7O/c1-6-19-22-10-21(27-31(22)12-16(3)25-19)20-11-23(32)30-14-18(9-15(2)24(30)26-20)29-8-7-28(5)17(4)13-29/h9-12,14,17H,6-8,13H2,1-5H3. The summed E-state index contributed by atoms with van der Waals surface area (Å²) in [5, 5.41) is 4.69. The van der Waals surface area contributed by atoms with Gasteiger partial charge in [-0.15, -0.1) is 0 Å². The topological polar surface area (TPSA) is 71.0 Å². The van der Waals surface area contributed by atoms with E-state index in [1.165, 1.54) is 0 Å². The van der Waals surface area contributed by atoms with Gasteiger partial charge in [-0.3, -0.25) is 14.2 Å². The zero-order chi connectivity index (χ0) is 22.6. The maximum Gasteiger partial charge on any atom is 0.258 e. The van der Waals surface area contributed by atoms with Crippen LogP contribution in [0.15, 0.2) is 35.4 Å². The molecule has 8 heteroatoms. The van der Waals surface area contributed by atoms with Gasteiger partial charge in [0.2, 0.25) is 0 Å². The quantitative estimate of drug-likeness (QED) is 0.497. The molecule has 0 N–H and O–H groups in total. The molecule has 1 aliphatic heterocycles. The summed E-state index contributed by atoms with van der Waals surface area (Å²) in [5.74, 6) is 0. The molecule has 0 aliphatic carbocycles. The second kappa shape index (κ2) is 7.70. The van der Waals surface area contributed by atoms with Gasteiger partial charge in [0.05, 0.1) is 34.5 Å². The molecule has 0 spiro atoms. The van der Waals surface area contributed by atoms with Crippen molar-refractivity contribution in [1.29, 1.82) is 0 Å². The van der Waals surface area contributed by atoms with E-state index < -0.39 is 0 Å². The molecule has 0 aromatic carbocycles. The third-order valence-corrected chi connectivity index (χ3v) is 6.50. The maximum absolute atomic E-state index is 13.1. The second-order valence-electron chi connectivity index (χ2n) is 8.87. The molecule has 5 heterocycles. The predicted octanol–water partition coefficient (Wildman–Crippen LogP) is 2.72. The Morgan fingerprint density at radius 1 is 1.06 bits per heavy atom. The Hall–Kier alpha value is -3.26. The van der Waals surface area contributed by atoms with Crippen LogP contribution in [0.3, 0.4) is 0 Å². The first kappa shape index (κ1) is 20.6. The highest BCUT2D eigenvalue weighted by atomic mass is 16.1. The molecule has 5 rings (SSSR count). The van der Waals surface area contributed by atoms with Gasteiger partial charge in [0, 0.05) is 37.9 Å². The molecule has 4 aromatic rings. The number of aryl methyl sites for hydroxylation is 3. The number of fused-ring (bicyclic) bond motifs is 2. The minimum absolute atomic E-state index is 0.0980. The average molecular weight is 432 g/mol. The van der Waals surface area contributed by atoms with Gasteiger partial charge < -0.3 is 9.80 Å². The van der Waals surface area contributed by atoms with Gasteiger partial charge in [-0.1, -0.05) is 6.92 Å². The lowest BCUT2D eigenvalue weighted by molar-refractivity contribution is 0.234. The number of aromatic nitrogens is 5. The molecule has 1 atom stereocenters. The third kappa shape index (κ3) is 3.44. The van der Waals surface area contributed by atoms with Gasteiger partial charge >= 0.3 is 0 Å². The smallest absolute Gasteiger partial charge is 0.258 e. The summed E-state index contributed by atoms with van der Waals surface area (Å²) in [6, 6.07) is 6.16. The third-order valence-electron chi connectivity index (χ3n) is 6.50. The van der Waals surface area contributed by atoms with Crippen molar-refractivity contribution in [3.63, 3.8) is 0 Å². The first-order valence-electron chi connectivity index (χ1n) is 11.2. The number of pyridine rings is 1. The molecule has 166 valence electrons. The van der Waals surface area contributed by atoms with Crippen molar-refractivity contribution in [3.8, 4) is 11.4 Å². The Morgan fingerprint density at radius 3 is 2.62 bits per heavy atom. The van der Waals surface area contributed by atoms with E-state index in [1.54, 1.807) is 10.5 Å². The first-order valence-corrected chi connectivity index (χ1v) is 11.2. The van der Waals surface area contributed by atoms with Crippen molar-refractivity contribution in [2.24, 2.45) is 0 Å². The van der Waals surface area contributed by atoms with Crippen LogP contribution in [0.2, 0.25) is 0 Å². The fraction of sp³-hybridized carbons (Fsp3) is 0.417. The van der Waals surface area contributed by atoms with E-state index >= 15 is 0 Å². The summed E-state index contributed by atoms with van der Waals surface area (Å²) >= 11 is 0. The number of anilines is 1. The Balaban J connectivity index is 1.59. The van der Waals surface area contributed by atoms with Crippen LogP contribution in [-0.4, -0.2) is 61.6 Å². The molecule has 8 nitrogen and oxygen atoms in total. The lowest BCUT2D eigenvalue weighted by Gasteiger charge is -2.39. The molecule has 1 aliphatic rings. The summed E-state index contributed by atoms with van der Waals surface area (Å²) in [6.07, 6.45) is 4.64. The Kier molecular flexibility index (Phi) is 4.97. The fourth-order valence-corrected chi connectivity index (χ4v) is 4.51. The average Bonchev–Trinajstić information content (AvgIpc) is 3.19. The number of hydrogen-bond donors (Lipinski definition) is 0. The number of hydrogen-bond acceptors (Lipinski definition) is 6. The van der Waals surface area contributed by atoms with Crippen molar-refractivity contribution in [3.05, 3.63) is 57.9 Å². The highest BCUT2D eigenvalue weighted by Gasteiger charge is 2.22. The largest absolute Gasteiger partial charge is 0.367 e. The number of rotatable bonds is 3. The van der Waals surface area contributed by atoms with Crippen molar-refractivity contribution < 1.29 is 0 Å². The molecule has 1 fully saturated rings. The molecule has 1 unspecified atom stereocenters. The van der Waals surface area contributed by atoms with E-state index in [0.29, 0.717) is 23.1 Å². The molecule has 0 saturated carbocycles. The van der Waals surface area contributed by atoms with Crippen molar-refractivity contribution in [2.45, 2.75) is 40.2 Å².